The number of sulfonamides is 1. The molecule has 33 heavy (non-hydrogen) atoms. The lowest BCUT2D eigenvalue weighted by Gasteiger charge is -2.33. The van der Waals surface area contributed by atoms with Gasteiger partial charge in [0.2, 0.25) is 15.9 Å². The normalized spacial score (nSPS) is 15.2. The molecule has 1 fully saturated rings. The summed E-state index contributed by atoms with van der Waals surface area (Å²) >= 11 is 0. The minimum Gasteiger partial charge on any atom is -0.337 e. The van der Waals surface area contributed by atoms with Crippen molar-refractivity contribution < 1.29 is 18.1 Å². The summed E-state index contributed by atoms with van der Waals surface area (Å²) in [4.78, 5) is 29.0. The number of aromatic nitrogens is 1. The first-order valence-electron chi connectivity index (χ1n) is 10.3. The number of pyridine rings is 1. The molecule has 1 aliphatic heterocycles. The third-order valence-corrected chi connectivity index (χ3v) is 7.41. The van der Waals surface area contributed by atoms with E-state index in [0.717, 1.165) is 10.9 Å². The van der Waals surface area contributed by atoms with Crippen LogP contribution in [-0.4, -0.2) is 59.6 Å². The van der Waals surface area contributed by atoms with Gasteiger partial charge in [0.05, 0.1) is 10.4 Å². The number of nitro groups is 1. The maximum atomic E-state index is 13.3. The minimum absolute atomic E-state index is 0.0542. The lowest BCUT2D eigenvalue weighted by Crippen LogP contribution is -2.50. The van der Waals surface area contributed by atoms with E-state index in [0.29, 0.717) is 11.1 Å². The van der Waals surface area contributed by atoms with Crippen LogP contribution in [0.5, 0.6) is 0 Å². The van der Waals surface area contributed by atoms with Gasteiger partial charge in [-0.1, -0.05) is 24.3 Å². The van der Waals surface area contributed by atoms with E-state index in [9.17, 15) is 23.3 Å². The third kappa shape index (κ3) is 4.76. The molecule has 1 aromatic heterocycles. The molecule has 0 saturated carbocycles. The summed E-state index contributed by atoms with van der Waals surface area (Å²) in [6.45, 7) is 2.72. The quantitative estimate of drug-likeness (QED) is 0.324. The van der Waals surface area contributed by atoms with E-state index in [1.165, 1.54) is 28.6 Å². The molecule has 9 nitrogen and oxygen atoms in total. The van der Waals surface area contributed by atoms with Crippen LogP contribution in [0.25, 0.3) is 17.0 Å². The Kier molecular flexibility index (Phi) is 6.21. The Morgan fingerprint density at radius 3 is 2.55 bits per heavy atom. The van der Waals surface area contributed by atoms with Crippen molar-refractivity contribution in [3.05, 3.63) is 82.0 Å². The maximum Gasteiger partial charge on any atom is 0.270 e. The molecule has 170 valence electrons. The Bertz CT molecular complexity index is 1360. The highest BCUT2D eigenvalue weighted by molar-refractivity contribution is 7.89. The van der Waals surface area contributed by atoms with E-state index in [1.807, 2.05) is 19.1 Å². The second kappa shape index (κ2) is 9.08. The van der Waals surface area contributed by atoms with Crippen LogP contribution in [0.2, 0.25) is 0 Å². The van der Waals surface area contributed by atoms with Crippen LogP contribution in [0.1, 0.15) is 11.1 Å². The van der Waals surface area contributed by atoms with Crippen molar-refractivity contribution >= 4 is 38.6 Å². The van der Waals surface area contributed by atoms with Crippen LogP contribution in [-0.2, 0) is 14.8 Å². The first kappa shape index (κ1) is 22.6. The van der Waals surface area contributed by atoms with Gasteiger partial charge in [0, 0.05) is 56.0 Å². The predicted molar refractivity (Wildman–Crippen MR) is 124 cm³/mol. The highest BCUT2D eigenvalue weighted by Crippen LogP contribution is 2.25. The number of non-ortho nitro benzene ring substituents is 1. The fourth-order valence-electron chi connectivity index (χ4n) is 3.75. The van der Waals surface area contributed by atoms with Gasteiger partial charge in [0.1, 0.15) is 4.90 Å². The molecule has 1 aliphatic rings. The lowest BCUT2D eigenvalue weighted by atomic mass is 10.2. The van der Waals surface area contributed by atoms with Crippen molar-refractivity contribution in [3.8, 4) is 0 Å². The summed E-state index contributed by atoms with van der Waals surface area (Å²) < 4.78 is 27.9. The summed E-state index contributed by atoms with van der Waals surface area (Å²) in [7, 11) is -3.77. The molecule has 10 heteroatoms. The number of hydrogen-bond acceptors (Lipinski definition) is 6. The predicted octanol–water partition coefficient (Wildman–Crippen LogP) is 3.00. The van der Waals surface area contributed by atoms with Gasteiger partial charge < -0.3 is 4.90 Å². The second-order valence-electron chi connectivity index (χ2n) is 7.76. The van der Waals surface area contributed by atoms with Crippen LogP contribution in [0.3, 0.4) is 0 Å². The number of amides is 1. The first-order chi connectivity index (χ1) is 15.8. The summed E-state index contributed by atoms with van der Waals surface area (Å²) in [5.41, 5.74) is 1.86. The number of carbonyl (C=O) groups excluding carboxylic acids is 1. The summed E-state index contributed by atoms with van der Waals surface area (Å²) in [5, 5.41) is 11.6. The summed E-state index contributed by atoms with van der Waals surface area (Å²) in [6, 6.07) is 13.0. The van der Waals surface area contributed by atoms with Crippen molar-refractivity contribution in [3.63, 3.8) is 0 Å². The molecular formula is C23H22N4O5S. The fraction of sp³-hybridized carbons (Fsp3) is 0.217. The number of hydrogen-bond donors (Lipinski definition) is 0. The van der Waals surface area contributed by atoms with E-state index in [-0.39, 0.29) is 42.7 Å². The number of para-hydroxylation sites is 1. The molecule has 3 aromatic rings. The van der Waals surface area contributed by atoms with Crippen LogP contribution in [0.15, 0.2) is 65.7 Å². The van der Waals surface area contributed by atoms with Crippen LogP contribution < -0.4 is 0 Å². The van der Waals surface area contributed by atoms with E-state index < -0.39 is 14.9 Å². The van der Waals surface area contributed by atoms with Crippen molar-refractivity contribution in [2.75, 3.05) is 26.2 Å². The monoisotopic (exact) mass is 466 g/mol. The van der Waals surface area contributed by atoms with E-state index in [4.69, 9.17) is 0 Å². The van der Waals surface area contributed by atoms with Gasteiger partial charge in [0.25, 0.3) is 5.69 Å². The summed E-state index contributed by atoms with van der Waals surface area (Å²) in [6.07, 6.45) is 4.51. The van der Waals surface area contributed by atoms with Crippen molar-refractivity contribution in [2.24, 2.45) is 0 Å². The zero-order valence-corrected chi connectivity index (χ0v) is 18.7. The summed E-state index contributed by atoms with van der Waals surface area (Å²) in [5.74, 6) is -0.277. The largest absolute Gasteiger partial charge is 0.337 e. The molecule has 2 heterocycles. The molecule has 0 bridgehead atoms. The van der Waals surface area contributed by atoms with Crippen LogP contribution >= 0.6 is 0 Å². The zero-order chi connectivity index (χ0) is 23.6. The SMILES string of the molecule is Cc1cnc2c(S(=O)(=O)N3CCN(C(=O)/C=C/c4cccc([N+](=O)[O-])c4)CC3)cccc2c1. The van der Waals surface area contributed by atoms with Gasteiger partial charge >= 0.3 is 0 Å². The number of rotatable bonds is 5. The average Bonchev–Trinajstić information content (AvgIpc) is 2.82. The molecule has 0 aliphatic carbocycles. The highest BCUT2D eigenvalue weighted by atomic mass is 32.2. The molecule has 1 amide bonds. The Morgan fingerprint density at radius 2 is 1.82 bits per heavy atom. The molecule has 0 atom stereocenters. The lowest BCUT2D eigenvalue weighted by molar-refractivity contribution is -0.384. The number of nitro benzene ring substituents is 1. The van der Waals surface area contributed by atoms with Gasteiger partial charge in [-0.15, -0.1) is 0 Å². The first-order valence-corrected chi connectivity index (χ1v) is 11.8. The number of piperazine rings is 1. The molecule has 0 radical (unpaired) electrons. The number of aryl methyl sites for hydroxylation is 1. The molecule has 4 rings (SSSR count). The van der Waals surface area contributed by atoms with E-state index in [1.54, 1.807) is 35.4 Å². The van der Waals surface area contributed by atoms with Crippen LogP contribution in [0, 0.1) is 17.0 Å². The molecule has 0 spiro atoms. The highest BCUT2D eigenvalue weighted by Gasteiger charge is 2.31. The Morgan fingerprint density at radius 1 is 1.09 bits per heavy atom. The second-order valence-corrected chi connectivity index (χ2v) is 9.66. The zero-order valence-electron chi connectivity index (χ0n) is 17.9. The number of benzene rings is 2. The van der Waals surface area contributed by atoms with E-state index >= 15 is 0 Å². The molecular weight excluding hydrogens is 444 g/mol. The van der Waals surface area contributed by atoms with Crippen LogP contribution in [0.4, 0.5) is 5.69 Å². The van der Waals surface area contributed by atoms with Gasteiger partial charge in [-0.05, 0) is 36.3 Å². The van der Waals surface area contributed by atoms with Gasteiger partial charge in [-0.3, -0.25) is 19.9 Å². The minimum atomic E-state index is -3.77. The molecule has 0 N–H and O–H groups in total. The number of fused-ring (bicyclic) bond motifs is 1. The van der Waals surface area contributed by atoms with Crippen molar-refractivity contribution in [2.45, 2.75) is 11.8 Å². The van der Waals surface area contributed by atoms with Gasteiger partial charge in [-0.25, -0.2) is 8.42 Å². The Hall–Kier alpha value is -3.63. The Balaban J connectivity index is 1.45. The van der Waals surface area contributed by atoms with Crippen molar-refractivity contribution in [1.82, 2.24) is 14.2 Å². The number of carbonyl (C=O) groups is 1. The maximum absolute atomic E-state index is 13.3. The Labute approximate surface area is 191 Å². The van der Waals surface area contributed by atoms with Crippen molar-refractivity contribution in [1.29, 1.82) is 0 Å². The van der Waals surface area contributed by atoms with E-state index in [2.05, 4.69) is 4.98 Å². The third-order valence-electron chi connectivity index (χ3n) is 5.48. The average molecular weight is 467 g/mol. The standard InChI is InChI=1S/C23H22N4O5S/c1-17-14-19-5-3-7-21(23(19)24-16-17)33(31,32)26-12-10-25(11-13-26)22(28)9-8-18-4-2-6-20(15-18)27(29)30/h2-9,14-16H,10-13H2,1H3/b9-8+. The van der Waals surface area contributed by atoms with Gasteiger partial charge in [-0.2, -0.15) is 4.31 Å². The molecule has 1 saturated heterocycles. The van der Waals surface area contributed by atoms with Gasteiger partial charge in [0.15, 0.2) is 0 Å². The molecule has 2 aromatic carbocycles. The smallest absolute Gasteiger partial charge is 0.270 e. The topological polar surface area (TPSA) is 114 Å². The number of nitrogens with zero attached hydrogens (tertiary/aromatic N) is 4. The fourth-order valence-corrected chi connectivity index (χ4v) is 5.34. The molecule has 0 unspecified atom stereocenters.